The molecular formula is C19H15ClINO. The van der Waals surface area contributed by atoms with Crippen molar-refractivity contribution in [2.24, 2.45) is 0 Å². The number of anilines is 1. The van der Waals surface area contributed by atoms with Crippen LogP contribution >= 0.6 is 34.2 Å². The number of carbonyl (C=O) groups excluding carboxylic acids is 1. The van der Waals surface area contributed by atoms with Gasteiger partial charge < -0.3 is 5.32 Å². The number of aryl methyl sites for hydroxylation is 2. The molecule has 0 spiro atoms. The standard InChI is InChI=1S/C19H15ClINO/c1-11-10-18(12(2)9-17(11)21)22-19(23)15-7-3-6-14-13(15)5-4-8-16(14)20/h3-10H,1-2H3,(H,22,23). The molecule has 0 saturated heterocycles. The second-order valence-corrected chi connectivity index (χ2v) is 7.08. The van der Waals surface area contributed by atoms with Gasteiger partial charge >= 0.3 is 0 Å². The molecule has 1 amide bonds. The Morgan fingerprint density at radius 2 is 1.70 bits per heavy atom. The highest BCUT2D eigenvalue weighted by Gasteiger charge is 2.13. The monoisotopic (exact) mass is 435 g/mol. The van der Waals surface area contributed by atoms with E-state index in [1.807, 2.05) is 56.3 Å². The Balaban J connectivity index is 2.02. The van der Waals surface area contributed by atoms with Crippen molar-refractivity contribution < 1.29 is 4.79 Å². The summed E-state index contributed by atoms with van der Waals surface area (Å²) in [6.07, 6.45) is 0. The highest BCUT2D eigenvalue weighted by Crippen LogP contribution is 2.27. The van der Waals surface area contributed by atoms with Crippen LogP contribution in [0, 0.1) is 17.4 Å². The average molecular weight is 436 g/mol. The molecule has 1 N–H and O–H groups in total. The van der Waals surface area contributed by atoms with E-state index in [-0.39, 0.29) is 5.91 Å². The van der Waals surface area contributed by atoms with Crippen molar-refractivity contribution in [3.8, 4) is 0 Å². The number of amides is 1. The molecule has 0 aromatic heterocycles. The molecule has 0 bridgehead atoms. The second kappa shape index (κ2) is 6.49. The smallest absolute Gasteiger partial charge is 0.256 e. The van der Waals surface area contributed by atoms with Gasteiger partial charge in [-0.25, -0.2) is 0 Å². The number of halogens is 2. The van der Waals surface area contributed by atoms with E-state index in [2.05, 4.69) is 34.0 Å². The van der Waals surface area contributed by atoms with Crippen molar-refractivity contribution >= 4 is 56.6 Å². The molecule has 0 aliphatic heterocycles. The van der Waals surface area contributed by atoms with E-state index in [0.29, 0.717) is 10.6 Å². The summed E-state index contributed by atoms with van der Waals surface area (Å²) in [6.45, 7) is 4.03. The molecular weight excluding hydrogens is 421 g/mol. The molecule has 0 heterocycles. The fourth-order valence-corrected chi connectivity index (χ4v) is 3.44. The molecule has 3 rings (SSSR count). The van der Waals surface area contributed by atoms with Gasteiger partial charge in [0.05, 0.1) is 0 Å². The minimum absolute atomic E-state index is 0.124. The number of carbonyl (C=O) groups is 1. The summed E-state index contributed by atoms with van der Waals surface area (Å²) in [6, 6.07) is 15.3. The first-order valence-corrected chi connectivity index (χ1v) is 8.68. The number of hydrogen-bond donors (Lipinski definition) is 1. The normalized spacial score (nSPS) is 10.8. The van der Waals surface area contributed by atoms with Crippen molar-refractivity contribution in [3.63, 3.8) is 0 Å². The second-order valence-electron chi connectivity index (χ2n) is 5.51. The maximum Gasteiger partial charge on any atom is 0.256 e. The SMILES string of the molecule is Cc1cc(NC(=O)c2cccc3c(Cl)cccc23)c(C)cc1I. The summed E-state index contributed by atoms with van der Waals surface area (Å²) >= 11 is 8.52. The van der Waals surface area contributed by atoms with Gasteiger partial charge in [-0.15, -0.1) is 0 Å². The highest BCUT2D eigenvalue weighted by molar-refractivity contribution is 14.1. The number of hydrogen-bond acceptors (Lipinski definition) is 1. The van der Waals surface area contributed by atoms with Gasteiger partial charge in [0, 0.05) is 25.2 Å². The molecule has 3 aromatic rings. The van der Waals surface area contributed by atoms with E-state index in [9.17, 15) is 4.79 Å². The number of rotatable bonds is 2. The van der Waals surface area contributed by atoms with E-state index in [4.69, 9.17) is 11.6 Å². The third kappa shape index (κ3) is 3.21. The zero-order chi connectivity index (χ0) is 16.6. The molecule has 0 atom stereocenters. The maximum absolute atomic E-state index is 12.7. The summed E-state index contributed by atoms with van der Waals surface area (Å²) in [5.41, 5.74) is 3.66. The predicted molar refractivity (Wildman–Crippen MR) is 106 cm³/mol. The average Bonchev–Trinajstić information content (AvgIpc) is 2.52. The van der Waals surface area contributed by atoms with E-state index >= 15 is 0 Å². The van der Waals surface area contributed by atoms with Crippen molar-refractivity contribution in [1.82, 2.24) is 0 Å². The first-order chi connectivity index (χ1) is 11.0. The lowest BCUT2D eigenvalue weighted by Crippen LogP contribution is -2.13. The third-order valence-corrected chi connectivity index (χ3v) is 5.36. The lowest BCUT2D eigenvalue weighted by atomic mass is 10.0. The van der Waals surface area contributed by atoms with Gasteiger partial charge in [-0.1, -0.05) is 35.9 Å². The molecule has 0 unspecified atom stereocenters. The number of fused-ring (bicyclic) bond motifs is 1. The van der Waals surface area contributed by atoms with Crippen LogP contribution in [-0.2, 0) is 0 Å². The van der Waals surface area contributed by atoms with Crippen LogP contribution in [0.2, 0.25) is 5.02 Å². The van der Waals surface area contributed by atoms with Crippen LogP contribution in [0.4, 0.5) is 5.69 Å². The van der Waals surface area contributed by atoms with Gasteiger partial charge in [-0.05, 0) is 77.2 Å². The Kier molecular flexibility index (Phi) is 4.60. The van der Waals surface area contributed by atoms with Crippen molar-refractivity contribution in [2.75, 3.05) is 5.32 Å². The third-order valence-electron chi connectivity index (χ3n) is 3.87. The molecule has 0 radical (unpaired) electrons. The maximum atomic E-state index is 12.7. The van der Waals surface area contributed by atoms with Crippen LogP contribution in [0.3, 0.4) is 0 Å². The minimum atomic E-state index is -0.124. The van der Waals surface area contributed by atoms with Gasteiger partial charge in [0.2, 0.25) is 0 Å². The van der Waals surface area contributed by atoms with Crippen molar-refractivity contribution in [1.29, 1.82) is 0 Å². The fourth-order valence-electron chi connectivity index (χ4n) is 2.57. The molecule has 2 nitrogen and oxygen atoms in total. The number of benzene rings is 3. The van der Waals surface area contributed by atoms with Crippen LogP contribution in [-0.4, -0.2) is 5.91 Å². The first kappa shape index (κ1) is 16.3. The summed E-state index contributed by atoms with van der Waals surface area (Å²) in [7, 11) is 0. The van der Waals surface area contributed by atoms with Gasteiger partial charge in [-0.3, -0.25) is 4.79 Å². The molecule has 3 aromatic carbocycles. The van der Waals surface area contributed by atoms with Gasteiger partial charge in [0.1, 0.15) is 0 Å². The summed E-state index contributed by atoms with van der Waals surface area (Å²) in [5, 5.41) is 5.42. The Morgan fingerprint density at radius 1 is 1.00 bits per heavy atom. The zero-order valence-corrected chi connectivity index (χ0v) is 15.7. The molecule has 4 heteroatoms. The van der Waals surface area contributed by atoms with Crippen LogP contribution in [0.1, 0.15) is 21.5 Å². The van der Waals surface area contributed by atoms with E-state index in [1.165, 1.54) is 3.57 Å². The first-order valence-electron chi connectivity index (χ1n) is 7.22. The highest BCUT2D eigenvalue weighted by atomic mass is 127. The molecule has 23 heavy (non-hydrogen) atoms. The molecule has 0 saturated carbocycles. The zero-order valence-electron chi connectivity index (χ0n) is 12.8. The van der Waals surface area contributed by atoms with Crippen LogP contribution in [0.15, 0.2) is 48.5 Å². The van der Waals surface area contributed by atoms with Crippen molar-refractivity contribution in [2.45, 2.75) is 13.8 Å². The summed E-state index contributed by atoms with van der Waals surface area (Å²) in [4.78, 5) is 12.7. The van der Waals surface area contributed by atoms with Crippen molar-refractivity contribution in [3.05, 3.63) is 73.8 Å². The van der Waals surface area contributed by atoms with Crippen LogP contribution in [0.25, 0.3) is 10.8 Å². The Bertz CT molecular complexity index is 921. The Hall–Kier alpha value is -1.59. The quantitative estimate of drug-likeness (QED) is 0.494. The molecule has 116 valence electrons. The van der Waals surface area contributed by atoms with E-state index < -0.39 is 0 Å². The number of nitrogens with one attached hydrogen (secondary N) is 1. The fraction of sp³-hybridized carbons (Fsp3) is 0.105. The molecule has 0 aliphatic rings. The van der Waals surface area contributed by atoms with E-state index in [0.717, 1.165) is 27.6 Å². The van der Waals surface area contributed by atoms with E-state index in [1.54, 1.807) is 0 Å². The van der Waals surface area contributed by atoms with Crippen LogP contribution < -0.4 is 5.32 Å². The van der Waals surface area contributed by atoms with Gasteiger partial charge in [0.15, 0.2) is 0 Å². The molecule has 0 fully saturated rings. The minimum Gasteiger partial charge on any atom is -0.322 e. The van der Waals surface area contributed by atoms with Gasteiger partial charge in [0.25, 0.3) is 5.91 Å². The Morgan fingerprint density at radius 3 is 2.48 bits per heavy atom. The topological polar surface area (TPSA) is 29.1 Å². The van der Waals surface area contributed by atoms with Crippen LogP contribution in [0.5, 0.6) is 0 Å². The van der Waals surface area contributed by atoms with Gasteiger partial charge in [-0.2, -0.15) is 0 Å². The predicted octanol–water partition coefficient (Wildman–Crippen LogP) is 5.97. The summed E-state index contributed by atoms with van der Waals surface area (Å²) in [5.74, 6) is -0.124. The largest absolute Gasteiger partial charge is 0.322 e. The lowest BCUT2D eigenvalue weighted by molar-refractivity contribution is 0.102. The lowest BCUT2D eigenvalue weighted by Gasteiger charge is -2.12. The summed E-state index contributed by atoms with van der Waals surface area (Å²) < 4.78 is 1.19. The molecule has 0 aliphatic carbocycles. The Labute approximate surface area is 154 Å².